The number of hydrogen-bond donors (Lipinski definition) is 1. The van der Waals surface area contributed by atoms with Crippen molar-refractivity contribution in [1.82, 2.24) is 0 Å². The fourth-order valence-electron chi connectivity index (χ4n) is 0.642. The standard InChI is InChI=1S/C6H6O7/c1-2(7)11-4(5(9)10)3(8)6-12-13-6/h4,6H,1H3,(H,9,10). The molecule has 0 amide bonds. The summed E-state index contributed by atoms with van der Waals surface area (Å²) >= 11 is 0. The van der Waals surface area contributed by atoms with Crippen LogP contribution < -0.4 is 0 Å². The summed E-state index contributed by atoms with van der Waals surface area (Å²) in [5.74, 6) is -3.36. The molecule has 1 aliphatic rings. The topological polar surface area (TPSA) is 106 Å². The molecule has 1 aliphatic heterocycles. The van der Waals surface area contributed by atoms with Crippen LogP contribution >= 0.6 is 0 Å². The van der Waals surface area contributed by atoms with E-state index in [1.165, 1.54) is 0 Å². The van der Waals surface area contributed by atoms with Gasteiger partial charge in [0.1, 0.15) is 0 Å². The molecule has 1 N–H and O–H groups in total. The van der Waals surface area contributed by atoms with E-state index in [-0.39, 0.29) is 0 Å². The Bertz CT molecular complexity index is 254. The van der Waals surface area contributed by atoms with Crippen molar-refractivity contribution in [2.75, 3.05) is 0 Å². The largest absolute Gasteiger partial charge is 0.478 e. The molecule has 7 nitrogen and oxygen atoms in total. The van der Waals surface area contributed by atoms with Crippen molar-refractivity contribution in [2.45, 2.75) is 19.3 Å². The van der Waals surface area contributed by atoms with Crippen LogP contribution in [0.5, 0.6) is 0 Å². The van der Waals surface area contributed by atoms with Crippen molar-refractivity contribution in [3.8, 4) is 0 Å². The first-order valence-electron chi connectivity index (χ1n) is 3.28. The van der Waals surface area contributed by atoms with Crippen LogP contribution in [0.4, 0.5) is 0 Å². The highest BCUT2D eigenvalue weighted by Gasteiger charge is 2.44. The van der Waals surface area contributed by atoms with Gasteiger partial charge in [-0.05, 0) is 0 Å². The molecule has 7 heteroatoms. The van der Waals surface area contributed by atoms with E-state index in [0.29, 0.717) is 0 Å². The van der Waals surface area contributed by atoms with Crippen LogP contribution in [0.25, 0.3) is 0 Å². The average Bonchev–Trinajstić information content (AvgIpc) is 2.80. The second kappa shape index (κ2) is 3.50. The average molecular weight is 190 g/mol. The van der Waals surface area contributed by atoms with Crippen molar-refractivity contribution >= 4 is 17.7 Å². The first-order chi connectivity index (χ1) is 6.02. The van der Waals surface area contributed by atoms with Crippen LogP contribution in [0.1, 0.15) is 6.92 Å². The lowest BCUT2D eigenvalue weighted by atomic mass is 10.2. The molecule has 1 rings (SSSR count). The van der Waals surface area contributed by atoms with Gasteiger partial charge in [0.15, 0.2) is 0 Å². The Balaban J connectivity index is 2.60. The number of hydrogen-bond acceptors (Lipinski definition) is 6. The van der Waals surface area contributed by atoms with Crippen LogP contribution in [0.2, 0.25) is 0 Å². The molecule has 0 aromatic rings. The van der Waals surface area contributed by atoms with Gasteiger partial charge in [0.25, 0.3) is 12.4 Å². The number of ketones is 1. The summed E-state index contributed by atoms with van der Waals surface area (Å²) in [6.45, 7) is 0.998. The predicted molar refractivity (Wildman–Crippen MR) is 34.2 cm³/mol. The number of carbonyl (C=O) groups is 3. The zero-order valence-corrected chi connectivity index (χ0v) is 6.55. The zero-order valence-electron chi connectivity index (χ0n) is 6.55. The SMILES string of the molecule is CC(=O)OC(C(=O)O)C(=O)C1OO1. The van der Waals surface area contributed by atoms with E-state index in [0.717, 1.165) is 6.92 Å². The Hall–Kier alpha value is -1.47. The van der Waals surface area contributed by atoms with E-state index in [2.05, 4.69) is 14.5 Å². The summed E-state index contributed by atoms with van der Waals surface area (Å²) in [4.78, 5) is 39.9. The van der Waals surface area contributed by atoms with Crippen LogP contribution in [-0.2, 0) is 28.9 Å². The van der Waals surface area contributed by atoms with Crippen LogP contribution in [0, 0.1) is 0 Å². The third-order valence-corrected chi connectivity index (χ3v) is 1.19. The number of Topliss-reactive ketones (excluding diaryl/α,β-unsaturated/α-hetero) is 1. The molecule has 1 unspecified atom stereocenters. The quantitative estimate of drug-likeness (QED) is 0.258. The number of carboxylic acids is 1. The highest BCUT2D eigenvalue weighted by atomic mass is 17.4. The predicted octanol–water partition coefficient (Wildman–Crippen LogP) is -1.14. The normalized spacial score (nSPS) is 17.6. The molecule has 0 saturated carbocycles. The summed E-state index contributed by atoms with van der Waals surface area (Å²) in [6.07, 6.45) is -3.08. The maximum absolute atomic E-state index is 11.0. The molecule has 0 aromatic carbocycles. The Morgan fingerprint density at radius 3 is 2.23 bits per heavy atom. The van der Waals surface area contributed by atoms with E-state index >= 15 is 0 Å². The molecule has 13 heavy (non-hydrogen) atoms. The van der Waals surface area contributed by atoms with E-state index in [1.807, 2.05) is 0 Å². The van der Waals surface area contributed by atoms with Crippen LogP contribution in [-0.4, -0.2) is 35.2 Å². The van der Waals surface area contributed by atoms with Crippen molar-refractivity contribution in [2.24, 2.45) is 0 Å². The molecule has 1 atom stereocenters. The van der Waals surface area contributed by atoms with Crippen molar-refractivity contribution in [1.29, 1.82) is 0 Å². The van der Waals surface area contributed by atoms with Gasteiger partial charge in [0.05, 0.1) is 0 Å². The van der Waals surface area contributed by atoms with Crippen LogP contribution in [0.3, 0.4) is 0 Å². The summed E-state index contributed by atoms with van der Waals surface area (Å²) in [5, 5.41) is 8.46. The van der Waals surface area contributed by atoms with Crippen LogP contribution in [0.15, 0.2) is 0 Å². The Morgan fingerprint density at radius 2 is 1.92 bits per heavy atom. The molecule has 1 saturated heterocycles. The second-order valence-electron chi connectivity index (χ2n) is 2.25. The number of carbonyl (C=O) groups excluding carboxylic acids is 2. The number of esters is 1. The highest BCUT2D eigenvalue weighted by Crippen LogP contribution is 2.16. The lowest BCUT2D eigenvalue weighted by Gasteiger charge is -2.07. The lowest BCUT2D eigenvalue weighted by Crippen LogP contribution is -2.37. The molecule has 0 aliphatic carbocycles. The maximum Gasteiger partial charge on any atom is 0.353 e. The number of rotatable bonds is 4. The molecular formula is C6H6O7. The smallest absolute Gasteiger partial charge is 0.353 e. The van der Waals surface area contributed by atoms with Gasteiger partial charge in [-0.3, -0.25) is 9.59 Å². The van der Waals surface area contributed by atoms with E-state index in [1.54, 1.807) is 0 Å². The fourth-order valence-corrected chi connectivity index (χ4v) is 0.642. The van der Waals surface area contributed by atoms with E-state index in [4.69, 9.17) is 5.11 Å². The highest BCUT2D eigenvalue weighted by molar-refractivity contribution is 6.04. The first kappa shape index (κ1) is 9.62. The Labute approximate surface area is 72.1 Å². The molecule has 1 heterocycles. The van der Waals surface area contributed by atoms with Gasteiger partial charge in [-0.2, -0.15) is 9.78 Å². The summed E-state index contributed by atoms with van der Waals surface area (Å²) < 4.78 is 4.23. The van der Waals surface area contributed by atoms with E-state index < -0.39 is 30.1 Å². The molecule has 0 aromatic heterocycles. The summed E-state index contributed by atoms with van der Waals surface area (Å²) in [6, 6.07) is 0. The number of ether oxygens (including phenoxy) is 1. The van der Waals surface area contributed by atoms with Gasteiger partial charge in [0.2, 0.25) is 5.78 Å². The molecule has 0 spiro atoms. The van der Waals surface area contributed by atoms with Gasteiger partial charge in [0, 0.05) is 6.92 Å². The van der Waals surface area contributed by atoms with Gasteiger partial charge < -0.3 is 9.84 Å². The maximum atomic E-state index is 11.0. The van der Waals surface area contributed by atoms with Gasteiger partial charge in [-0.25, -0.2) is 4.79 Å². The fraction of sp³-hybridized carbons (Fsp3) is 0.500. The Kier molecular flexibility index (Phi) is 2.59. The van der Waals surface area contributed by atoms with Crippen molar-refractivity contribution in [3.05, 3.63) is 0 Å². The molecule has 72 valence electrons. The van der Waals surface area contributed by atoms with Crippen molar-refractivity contribution < 1.29 is 34.0 Å². The summed E-state index contributed by atoms with van der Waals surface area (Å²) in [7, 11) is 0. The van der Waals surface area contributed by atoms with Gasteiger partial charge in [-0.1, -0.05) is 0 Å². The molecular weight excluding hydrogens is 184 g/mol. The zero-order chi connectivity index (χ0) is 10.0. The lowest BCUT2D eigenvalue weighted by molar-refractivity contribution is -0.167. The minimum absolute atomic E-state index is 0.860. The van der Waals surface area contributed by atoms with Gasteiger partial charge >= 0.3 is 11.9 Å². The molecule has 0 bridgehead atoms. The van der Waals surface area contributed by atoms with Gasteiger partial charge in [-0.15, -0.1) is 0 Å². The third-order valence-electron chi connectivity index (χ3n) is 1.19. The summed E-state index contributed by atoms with van der Waals surface area (Å²) in [5.41, 5.74) is 0. The minimum atomic E-state index is -1.86. The third kappa shape index (κ3) is 2.49. The number of carboxylic acid groups (broad SMARTS) is 1. The monoisotopic (exact) mass is 190 g/mol. The van der Waals surface area contributed by atoms with E-state index in [9.17, 15) is 14.4 Å². The van der Waals surface area contributed by atoms with Crippen molar-refractivity contribution in [3.63, 3.8) is 0 Å². The first-order valence-corrected chi connectivity index (χ1v) is 3.28. The Morgan fingerprint density at radius 1 is 1.38 bits per heavy atom. The minimum Gasteiger partial charge on any atom is -0.478 e. The molecule has 1 fully saturated rings. The number of aliphatic carboxylic acids is 1. The molecule has 0 radical (unpaired) electrons. The second-order valence-corrected chi connectivity index (χ2v) is 2.25.